The maximum atomic E-state index is 12.3. The van der Waals surface area contributed by atoms with Crippen molar-refractivity contribution in [3.8, 4) is 0 Å². The summed E-state index contributed by atoms with van der Waals surface area (Å²) < 4.78 is 0. The molecular weight excluding hydrogens is 200 g/mol. The average Bonchev–Trinajstić information content (AvgIpc) is 2.93. The zero-order valence-corrected chi connectivity index (χ0v) is 10.9. The topological polar surface area (TPSA) is 32.3 Å². The molecule has 1 saturated heterocycles. The van der Waals surface area contributed by atoms with Crippen molar-refractivity contribution in [1.29, 1.82) is 0 Å². The van der Waals surface area contributed by atoms with Crippen LogP contribution in [-0.2, 0) is 4.79 Å². The summed E-state index contributed by atoms with van der Waals surface area (Å²) in [6, 6.07) is 0.366. The highest BCUT2D eigenvalue weighted by atomic mass is 16.2. The minimum absolute atomic E-state index is 0.150. The van der Waals surface area contributed by atoms with Gasteiger partial charge in [0.25, 0.3) is 0 Å². The van der Waals surface area contributed by atoms with Crippen molar-refractivity contribution in [2.75, 3.05) is 0 Å². The zero-order chi connectivity index (χ0) is 11.9. The molecule has 3 heteroatoms. The summed E-state index contributed by atoms with van der Waals surface area (Å²) in [5, 5.41) is 3.45. The molecule has 1 saturated carbocycles. The van der Waals surface area contributed by atoms with Crippen LogP contribution in [0.1, 0.15) is 53.4 Å². The minimum atomic E-state index is -0.150. The summed E-state index contributed by atoms with van der Waals surface area (Å²) in [6.07, 6.45) is 4.59. The van der Waals surface area contributed by atoms with E-state index in [9.17, 15) is 4.79 Å². The molecule has 1 N–H and O–H groups in total. The van der Waals surface area contributed by atoms with Gasteiger partial charge in [-0.3, -0.25) is 10.1 Å². The highest BCUT2D eigenvalue weighted by molar-refractivity contribution is 5.92. The first-order chi connectivity index (χ1) is 7.50. The molecule has 1 aliphatic carbocycles. The van der Waals surface area contributed by atoms with Gasteiger partial charge in [-0.15, -0.1) is 0 Å². The maximum absolute atomic E-state index is 12.3. The van der Waals surface area contributed by atoms with Gasteiger partial charge in [0.2, 0.25) is 5.91 Å². The Bertz CT molecular complexity index is 286. The van der Waals surface area contributed by atoms with Crippen molar-refractivity contribution in [3.05, 3.63) is 0 Å². The number of nitrogens with zero attached hydrogens (tertiary/aromatic N) is 1. The van der Waals surface area contributed by atoms with Crippen molar-refractivity contribution in [2.45, 2.75) is 71.1 Å². The Morgan fingerprint density at radius 2 is 2.12 bits per heavy atom. The summed E-state index contributed by atoms with van der Waals surface area (Å²) in [4.78, 5) is 14.3. The van der Waals surface area contributed by atoms with Gasteiger partial charge >= 0.3 is 0 Å². The van der Waals surface area contributed by atoms with Crippen LogP contribution in [0.5, 0.6) is 0 Å². The van der Waals surface area contributed by atoms with Crippen molar-refractivity contribution >= 4 is 5.91 Å². The molecule has 92 valence electrons. The molecule has 1 heterocycles. The van der Waals surface area contributed by atoms with E-state index in [-0.39, 0.29) is 11.7 Å². The molecule has 16 heavy (non-hydrogen) atoms. The van der Waals surface area contributed by atoms with Crippen molar-refractivity contribution in [2.24, 2.45) is 5.92 Å². The zero-order valence-electron chi connectivity index (χ0n) is 10.9. The van der Waals surface area contributed by atoms with Crippen LogP contribution in [0.15, 0.2) is 0 Å². The average molecular weight is 224 g/mol. The van der Waals surface area contributed by atoms with E-state index in [4.69, 9.17) is 0 Å². The normalized spacial score (nSPS) is 30.9. The predicted molar refractivity (Wildman–Crippen MR) is 64.9 cm³/mol. The molecule has 0 aromatic carbocycles. The summed E-state index contributed by atoms with van der Waals surface area (Å²) in [5.74, 6) is 1.04. The van der Waals surface area contributed by atoms with Crippen LogP contribution in [0.3, 0.4) is 0 Å². The van der Waals surface area contributed by atoms with Gasteiger partial charge in [-0.05, 0) is 39.0 Å². The fourth-order valence-electron chi connectivity index (χ4n) is 2.88. The van der Waals surface area contributed by atoms with Gasteiger partial charge < -0.3 is 4.90 Å². The Kier molecular flexibility index (Phi) is 2.99. The highest BCUT2D eigenvalue weighted by Gasteiger charge is 2.58. The Morgan fingerprint density at radius 3 is 2.56 bits per heavy atom. The summed E-state index contributed by atoms with van der Waals surface area (Å²) in [6.45, 7) is 8.77. The van der Waals surface area contributed by atoms with Gasteiger partial charge in [0.05, 0.1) is 11.7 Å². The molecule has 1 amide bonds. The molecule has 1 aliphatic heterocycles. The summed E-state index contributed by atoms with van der Waals surface area (Å²) in [7, 11) is 0. The van der Waals surface area contributed by atoms with Gasteiger partial charge in [0.1, 0.15) is 0 Å². The molecule has 2 rings (SSSR count). The first kappa shape index (κ1) is 11.9. The molecule has 0 aromatic heterocycles. The van der Waals surface area contributed by atoms with E-state index in [1.807, 2.05) is 0 Å². The first-order valence-electron chi connectivity index (χ1n) is 6.60. The number of carbonyl (C=O) groups is 1. The van der Waals surface area contributed by atoms with Gasteiger partial charge in [0, 0.05) is 6.04 Å². The van der Waals surface area contributed by atoms with Gasteiger partial charge in [-0.1, -0.05) is 20.3 Å². The van der Waals surface area contributed by atoms with Crippen molar-refractivity contribution in [3.63, 3.8) is 0 Å². The van der Waals surface area contributed by atoms with Crippen LogP contribution < -0.4 is 5.32 Å². The Labute approximate surface area is 98.6 Å². The molecule has 1 spiro atoms. The van der Waals surface area contributed by atoms with E-state index in [1.165, 1.54) is 6.42 Å². The maximum Gasteiger partial charge on any atom is 0.244 e. The van der Waals surface area contributed by atoms with Crippen LogP contribution in [0.2, 0.25) is 0 Å². The SMILES string of the molecule is CCC(C)CC(C)N1C(=O)C2(CC2)NC1C. The lowest BCUT2D eigenvalue weighted by molar-refractivity contribution is -0.132. The quantitative estimate of drug-likeness (QED) is 0.793. The number of hydrogen-bond acceptors (Lipinski definition) is 2. The Balaban J connectivity index is 2.00. The monoisotopic (exact) mass is 224 g/mol. The fraction of sp³-hybridized carbons (Fsp3) is 0.923. The molecule has 0 bridgehead atoms. The third-order valence-electron chi connectivity index (χ3n) is 4.21. The molecule has 0 aromatic rings. The molecular formula is C13H24N2O. The van der Waals surface area contributed by atoms with E-state index < -0.39 is 0 Å². The number of rotatable bonds is 4. The molecule has 2 fully saturated rings. The predicted octanol–water partition coefficient (Wildman–Crippen LogP) is 2.12. The van der Waals surface area contributed by atoms with Crippen LogP contribution in [0.4, 0.5) is 0 Å². The molecule has 3 unspecified atom stereocenters. The van der Waals surface area contributed by atoms with E-state index in [1.54, 1.807) is 0 Å². The Hall–Kier alpha value is -0.570. The number of hydrogen-bond donors (Lipinski definition) is 1. The third kappa shape index (κ3) is 1.86. The van der Waals surface area contributed by atoms with E-state index >= 15 is 0 Å². The molecule has 0 radical (unpaired) electrons. The molecule has 2 aliphatic rings. The number of nitrogens with one attached hydrogen (secondary N) is 1. The minimum Gasteiger partial charge on any atom is -0.323 e. The lowest BCUT2D eigenvalue weighted by Gasteiger charge is -2.30. The van der Waals surface area contributed by atoms with Crippen LogP contribution in [0, 0.1) is 5.92 Å². The smallest absolute Gasteiger partial charge is 0.244 e. The van der Waals surface area contributed by atoms with Gasteiger partial charge in [-0.2, -0.15) is 0 Å². The van der Waals surface area contributed by atoms with Crippen molar-refractivity contribution < 1.29 is 4.79 Å². The lowest BCUT2D eigenvalue weighted by Crippen LogP contribution is -2.42. The summed E-state index contributed by atoms with van der Waals surface area (Å²) in [5.41, 5.74) is -0.150. The van der Waals surface area contributed by atoms with Crippen molar-refractivity contribution in [1.82, 2.24) is 10.2 Å². The standard InChI is InChI=1S/C13H24N2O/c1-5-9(2)8-10(3)15-11(4)14-13(6-7-13)12(15)16/h9-11,14H,5-8H2,1-4H3. The highest BCUT2D eigenvalue weighted by Crippen LogP contribution is 2.43. The summed E-state index contributed by atoms with van der Waals surface area (Å²) >= 11 is 0. The van der Waals surface area contributed by atoms with E-state index in [0.717, 1.165) is 19.3 Å². The van der Waals surface area contributed by atoms with E-state index in [2.05, 4.69) is 37.9 Å². The third-order valence-corrected chi connectivity index (χ3v) is 4.21. The van der Waals surface area contributed by atoms with Gasteiger partial charge in [-0.25, -0.2) is 0 Å². The van der Waals surface area contributed by atoms with Crippen LogP contribution in [-0.4, -0.2) is 28.6 Å². The van der Waals surface area contributed by atoms with E-state index in [0.29, 0.717) is 17.9 Å². The lowest BCUT2D eigenvalue weighted by atomic mass is 9.99. The fourth-order valence-corrected chi connectivity index (χ4v) is 2.88. The number of carbonyl (C=O) groups excluding carboxylic acids is 1. The Morgan fingerprint density at radius 1 is 1.50 bits per heavy atom. The second-order valence-electron chi connectivity index (χ2n) is 5.71. The number of amides is 1. The molecule has 3 nitrogen and oxygen atoms in total. The second kappa shape index (κ2) is 4.02. The second-order valence-corrected chi connectivity index (χ2v) is 5.71. The molecule has 3 atom stereocenters. The van der Waals surface area contributed by atoms with Crippen LogP contribution in [0.25, 0.3) is 0 Å². The first-order valence-corrected chi connectivity index (χ1v) is 6.60. The van der Waals surface area contributed by atoms with Crippen LogP contribution >= 0.6 is 0 Å². The largest absolute Gasteiger partial charge is 0.323 e. The van der Waals surface area contributed by atoms with Gasteiger partial charge in [0.15, 0.2) is 0 Å².